The first-order valence-corrected chi connectivity index (χ1v) is 5.43. The highest BCUT2D eigenvalue weighted by atomic mass is 79.9. The molecule has 0 aromatic heterocycles. The van der Waals surface area contributed by atoms with Gasteiger partial charge in [-0.05, 0) is 24.3 Å². The number of ether oxygens (including phenoxy) is 1. The van der Waals surface area contributed by atoms with Crippen LogP contribution in [0.1, 0.15) is 0 Å². The van der Waals surface area contributed by atoms with E-state index in [1.807, 2.05) is 29.2 Å². The number of thioether (sulfide) groups is 1. The van der Waals surface area contributed by atoms with Gasteiger partial charge in [0.15, 0.2) is 5.17 Å². The standard InChI is InChI=1S/C10H12N2OS.BrH/c1-13-9-4-2-8(3-5-9)12-6-7-14-10(12)11;/h2-5,11H,6-7H2,1H3;1H. The summed E-state index contributed by atoms with van der Waals surface area (Å²) in [6.45, 7) is 0.926. The Bertz CT molecular complexity index is 342. The van der Waals surface area contributed by atoms with E-state index in [1.54, 1.807) is 18.9 Å². The minimum absolute atomic E-state index is 0. The van der Waals surface area contributed by atoms with E-state index in [0.717, 1.165) is 23.7 Å². The minimum Gasteiger partial charge on any atom is -0.497 e. The number of methoxy groups -OCH3 is 1. The van der Waals surface area contributed by atoms with Gasteiger partial charge in [-0.2, -0.15) is 0 Å². The van der Waals surface area contributed by atoms with Crippen LogP contribution in [-0.4, -0.2) is 24.6 Å². The molecule has 3 nitrogen and oxygen atoms in total. The molecular formula is C10H13BrN2OS. The van der Waals surface area contributed by atoms with Gasteiger partial charge in [-0.3, -0.25) is 5.41 Å². The van der Waals surface area contributed by atoms with Crippen molar-refractivity contribution in [2.45, 2.75) is 0 Å². The molecule has 1 aliphatic rings. The van der Waals surface area contributed by atoms with Crippen molar-refractivity contribution in [2.75, 3.05) is 24.3 Å². The molecule has 1 heterocycles. The Morgan fingerprint density at radius 1 is 1.33 bits per heavy atom. The fraction of sp³-hybridized carbons (Fsp3) is 0.300. The summed E-state index contributed by atoms with van der Waals surface area (Å²) in [5.41, 5.74) is 1.07. The number of rotatable bonds is 2. The van der Waals surface area contributed by atoms with Crippen molar-refractivity contribution in [3.05, 3.63) is 24.3 Å². The Balaban J connectivity index is 0.00000112. The van der Waals surface area contributed by atoms with E-state index in [-0.39, 0.29) is 17.0 Å². The summed E-state index contributed by atoms with van der Waals surface area (Å²) in [6, 6.07) is 7.82. The number of anilines is 1. The monoisotopic (exact) mass is 288 g/mol. The second-order valence-electron chi connectivity index (χ2n) is 3.00. The average molecular weight is 289 g/mol. The van der Waals surface area contributed by atoms with Gasteiger partial charge in [0, 0.05) is 18.0 Å². The SMILES string of the molecule is Br.COc1ccc(N2CCSC2=N)cc1. The van der Waals surface area contributed by atoms with Crippen LogP contribution < -0.4 is 9.64 Å². The highest BCUT2D eigenvalue weighted by Crippen LogP contribution is 2.25. The normalized spacial score (nSPS) is 15.0. The van der Waals surface area contributed by atoms with Crippen LogP contribution in [0.25, 0.3) is 0 Å². The Kier molecular flexibility index (Phi) is 4.47. The molecule has 82 valence electrons. The lowest BCUT2D eigenvalue weighted by molar-refractivity contribution is 0.415. The molecule has 1 fully saturated rings. The van der Waals surface area contributed by atoms with E-state index in [9.17, 15) is 0 Å². The maximum absolute atomic E-state index is 7.70. The molecule has 5 heteroatoms. The third-order valence-corrected chi connectivity index (χ3v) is 3.06. The van der Waals surface area contributed by atoms with Crippen LogP contribution in [0.15, 0.2) is 24.3 Å². The first kappa shape index (κ1) is 12.4. The number of benzene rings is 1. The quantitative estimate of drug-likeness (QED) is 0.909. The molecule has 0 radical (unpaired) electrons. The van der Waals surface area contributed by atoms with Crippen molar-refractivity contribution in [1.29, 1.82) is 5.41 Å². The number of halogens is 1. The van der Waals surface area contributed by atoms with Gasteiger partial charge < -0.3 is 9.64 Å². The molecule has 0 saturated carbocycles. The van der Waals surface area contributed by atoms with Gasteiger partial charge in [-0.25, -0.2) is 0 Å². The highest BCUT2D eigenvalue weighted by Gasteiger charge is 2.18. The largest absolute Gasteiger partial charge is 0.497 e. The smallest absolute Gasteiger partial charge is 0.160 e. The van der Waals surface area contributed by atoms with E-state index in [4.69, 9.17) is 10.1 Å². The van der Waals surface area contributed by atoms with Crippen LogP contribution in [0.4, 0.5) is 5.69 Å². The lowest BCUT2D eigenvalue weighted by Crippen LogP contribution is -2.22. The second-order valence-corrected chi connectivity index (χ2v) is 4.09. The lowest BCUT2D eigenvalue weighted by Gasteiger charge is -2.16. The Labute approximate surface area is 104 Å². The van der Waals surface area contributed by atoms with Crippen LogP contribution >= 0.6 is 28.7 Å². The van der Waals surface area contributed by atoms with E-state index in [0.29, 0.717) is 5.17 Å². The average Bonchev–Trinajstić information content (AvgIpc) is 2.65. The molecule has 0 amide bonds. The molecule has 1 aromatic rings. The molecule has 0 bridgehead atoms. The summed E-state index contributed by atoms with van der Waals surface area (Å²) in [6.07, 6.45) is 0. The van der Waals surface area contributed by atoms with Gasteiger partial charge in [-0.15, -0.1) is 17.0 Å². The Morgan fingerprint density at radius 2 is 2.00 bits per heavy atom. The molecule has 0 aliphatic carbocycles. The topological polar surface area (TPSA) is 36.3 Å². The zero-order chi connectivity index (χ0) is 9.97. The number of nitrogens with zero attached hydrogens (tertiary/aromatic N) is 1. The molecule has 15 heavy (non-hydrogen) atoms. The maximum atomic E-state index is 7.70. The second kappa shape index (κ2) is 5.42. The molecule has 1 saturated heterocycles. The summed E-state index contributed by atoms with van der Waals surface area (Å²) >= 11 is 1.59. The molecule has 0 atom stereocenters. The molecule has 1 N–H and O–H groups in total. The summed E-state index contributed by atoms with van der Waals surface area (Å²) in [4.78, 5) is 2.00. The molecular weight excluding hydrogens is 276 g/mol. The first-order valence-electron chi connectivity index (χ1n) is 4.44. The van der Waals surface area contributed by atoms with Gasteiger partial charge >= 0.3 is 0 Å². The van der Waals surface area contributed by atoms with Crippen molar-refractivity contribution in [3.63, 3.8) is 0 Å². The molecule has 1 aliphatic heterocycles. The van der Waals surface area contributed by atoms with E-state index in [2.05, 4.69) is 0 Å². The number of nitrogens with one attached hydrogen (secondary N) is 1. The van der Waals surface area contributed by atoms with E-state index < -0.39 is 0 Å². The third kappa shape index (κ3) is 2.66. The number of hydrogen-bond acceptors (Lipinski definition) is 3. The van der Waals surface area contributed by atoms with Crippen molar-refractivity contribution < 1.29 is 4.74 Å². The van der Waals surface area contributed by atoms with Crippen molar-refractivity contribution >= 4 is 39.6 Å². The zero-order valence-corrected chi connectivity index (χ0v) is 10.9. The Hall–Kier alpha value is -0.680. The van der Waals surface area contributed by atoms with Crippen LogP contribution in [-0.2, 0) is 0 Å². The molecule has 0 unspecified atom stereocenters. The lowest BCUT2D eigenvalue weighted by atomic mass is 10.3. The van der Waals surface area contributed by atoms with Crippen LogP contribution in [0.5, 0.6) is 5.75 Å². The number of amidine groups is 1. The van der Waals surface area contributed by atoms with Crippen LogP contribution in [0, 0.1) is 5.41 Å². The van der Waals surface area contributed by atoms with Gasteiger partial charge in [0.25, 0.3) is 0 Å². The predicted molar refractivity (Wildman–Crippen MR) is 70.8 cm³/mol. The summed E-state index contributed by atoms with van der Waals surface area (Å²) in [5, 5.41) is 8.33. The van der Waals surface area contributed by atoms with Crippen LogP contribution in [0.3, 0.4) is 0 Å². The first-order chi connectivity index (χ1) is 6.81. The molecule has 0 spiro atoms. The summed E-state index contributed by atoms with van der Waals surface area (Å²) < 4.78 is 5.08. The van der Waals surface area contributed by atoms with Crippen molar-refractivity contribution in [3.8, 4) is 5.75 Å². The van der Waals surface area contributed by atoms with Crippen molar-refractivity contribution in [1.82, 2.24) is 0 Å². The van der Waals surface area contributed by atoms with Gasteiger partial charge in [-0.1, -0.05) is 11.8 Å². The van der Waals surface area contributed by atoms with Crippen molar-refractivity contribution in [2.24, 2.45) is 0 Å². The summed E-state index contributed by atoms with van der Waals surface area (Å²) in [5.74, 6) is 1.86. The van der Waals surface area contributed by atoms with E-state index in [1.165, 1.54) is 0 Å². The van der Waals surface area contributed by atoms with Gasteiger partial charge in [0.2, 0.25) is 0 Å². The maximum Gasteiger partial charge on any atom is 0.160 e. The highest BCUT2D eigenvalue weighted by molar-refractivity contribution is 8.93. The Morgan fingerprint density at radius 3 is 2.47 bits per heavy atom. The molecule has 2 rings (SSSR count). The fourth-order valence-corrected chi connectivity index (χ4v) is 2.24. The van der Waals surface area contributed by atoms with Gasteiger partial charge in [0.1, 0.15) is 5.75 Å². The third-order valence-electron chi connectivity index (χ3n) is 2.18. The van der Waals surface area contributed by atoms with Crippen LogP contribution in [0.2, 0.25) is 0 Å². The minimum atomic E-state index is 0. The summed E-state index contributed by atoms with van der Waals surface area (Å²) in [7, 11) is 1.66. The predicted octanol–water partition coefficient (Wildman–Crippen LogP) is 2.76. The van der Waals surface area contributed by atoms with E-state index >= 15 is 0 Å². The fourth-order valence-electron chi connectivity index (χ4n) is 1.42. The molecule has 1 aromatic carbocycles. The van der Waals surface area contributed by atoms with Gasteiger partial charge in [0.05, 0.1) is 7.11 Å². The number of hydrogen-bond donors (Lipinski definition) is 1. The zero-order valence-electron chi connectivity index (χ0n) is 8.40.